The summed E-state index contributed by atoms with van der Waals surface area (Å²) in [6.07, 6.45) is 0. The molecule has 2 rings (SSSR count). The van der Waals surface area contributed by atoms with E-state index < -0.39 is 0 Å². The fraction of sp³-hybridized carbons (Fsp3) is 0.294. The quantitative estimate of drug-likeness (QED) is 0.906. The number of benzene rings is 2. The fourth-order valence-corrected chi connectivity index (χ4v) is 2.59. The van der Waals surface area contributed by atoms with Crippen molar-refractivity contribution in [1.82, 2.24) is 5.32 Å². The van der Waals surface area contributed by atoms with Gasteiger partial charge in [-0.1, -0.05) is 23.7 Å². The van der Waals surface area contributed by atoms with Crippen molar-refractivity contribution in [1.29, 1.82) is 0 Å². The average molecular weight is 306 g/mol. The molecule has 0 heterocycles. The van der Waals surface area contributed by atoms with Gasteiger partial charge >= 0.3 is 0 Å². The van der Waals surface area contributed by atoms with E-state index in [0.29, 0.717) is 0 Å². The normalized spacial score (nSPS) is 12.0. The highest BCUT2D eigenvalue weighted by Crippen LogP contribution is 2.35. The summed E-state index contributed by atoms with van der Waals surface area (Å²) in [6, 6.07) is 11.9. The first-order chi connectivity index (χ1) is 10.1. The Balaban J connectivity index is 2.49. The van der Waals surface area contributed by atoms with Gasteiger partial charge in [-0.25, -0.2) is 0 Å². The van der Waals surface area contributed by atoms with Crippen LogP contribution in [-0.4, -0.2) is 21.3 Å². The van der Waals surface area contributed by atoms with Gasteiger partial charge in [-0.05, 0) is 54.9 Å². The van der Waals surface area contributed by atoms with Gasteiger partial charge in [0.2, 0.25) is 0 Å². The average Bonchev–Trinajstić information content (AvgIpc) is 2.50. The first-order valence-electron chi connectivity index (χ1n) is 6.76. The zero-order valence-electron chi connectivity index (χ0n) is 12.7. The van der Waals surface area contributed by atoms with Crippen molar-refractivity contribution in [3.63, 3.8) is 0 Å². The Morgan fingerprint density at radius 1 is 1.00 bits per heavy atom. The van der Waals surface area contributed by atoms with Crippen LogP contribution < -0.4 is 14.8 Å². The number of aryl methyl sites for hydroxylation is 1. The van der Waals surface area contributed by atoms with Gasteiger partial charge < -0.3 is 14.8 Å². The molecule has 112 valence electrons. The molecule has 21 heavy (non-hydrogen) atoms. The Morgan fingerprint density at radius 3 is 2.10 bits per heavy atom. The van der Waals surface area contributed by atoms with Crippen molar-refractivity contribution >= 4 is 11.6 Å². The highest BCUT2D eigenvalue weighted by molar-refractivity contribution is 6.30. The Labute approximate surface area is 130 Å². The van der Waals surface area contributed by atoms with Crippen LogP contribution in [0.3, 0.4) is 0 Å². The molecule has 0 fully saturated rings. The monoisotopic (exact) mass is 305 g/mol. The van der Waals surface area contributed by atoms with E-state index >= 15 is 0 Å². The fourth-order valence-electron chi connectivity index (χ4n) is 2.46. The van der Waals surface area contributed by atoms with Crippen LogP contribution in [0.25, 0.3) is 0 Å². The molecule has 0 aromatic heterocycles. The van der Waals surface area contributed by atoms with Crippen molar-refractivity contribution in [3.8, 4) is 11.5 Å². The molecule has 0 radical (unpaired) electrons. The maximum atomic E-state index is 5.97. The van der Waals surface area contributed by atoms with E-state index in [2.05, 4.69) is 12.2 Å². The number of rotatable bonds is 5. The third kappa shape index (κ3) is 3.31. The van der Waals surface area contributed by atoms with Gasteiger partial charge in [0, 0.05) is 5.02 Å². The van der Waals surface area contributed by atoms with Crippen molar-refractivity contribution in [3.05, 3.63) is 58.1 Å². The number of hydrogen-bond acceptors (Lipinski definition) is 3. The summed E-state index contributed by atoms with van der Waals surface area (Å²) >= 11 is 5.97. The third-order valence-corrected chi connectivity index (χ3v) is 3.83. The molecule has 1 atom stereocenters. The van der Waals surface area contributed by atoms with Crippen LogP contribution in [0.2, 0.25) is 5.02 Å². The van der Waals surface area contributed by atoms with E-state index in [1.54, 1.807) is 14.2 Å². The van der Waals surface area contributed by atoms with Gasteiger partial charge in [-0.2, -0.15) is 0 Å². The number of halogens is 1. The smallest absolute Gasteiger partial charge is 0.161 e. The minimum absolute atomic E-state index is 0.0714. The summed E-state index contributed by atoms with van der Waals surface area (Å²) in [7, 11) is 5.23. The lowest BCUT2D eigenvalue weighted by Gasteiger charge is -2.21. The van der Waals surface area contributed by atoms with Crippen LogP contribution in [0.15, 0.2) is 36.4 Å². The molecule has 3 nitrogen and oxygen atoms in total. The Hall–Kier alpha value is -1.71. The maximum absolute atomic E-state index is 5.97. The molecule has 0 saturated carbocycles. The molecule has 2 aromatic rings. The predicted octanol–water partition coefficient (Wildman–Crippen LogP) is 3.97. The minimum atomic E-state index is 0.0714. The van der Waals surface area contributed by atoms with Crippen molar-refractivity contribution < 1.29 is 9.47 Å². The first-order valence-corrected chi connectivity index (χ1v) is 7.13. The van der Waals surface area contributed by atoms with Gasteiger partial charge in [0.1, 0.15) is 0 Å². The predicted molar refractivity (Wildman–Crippen MR) is 86.6 cm³/mol. The van der Waals surface area contributed by atoms with Gasteiger partial charge in [-0.3, -0.25) is 0 Å². The lowest BCUT2D eigenvalue weighted by Crippen LogP contribution is -2.18. The van der Waals surface area contributed by atoms with E-state index in [0.717, 1.165) is 33.2 Å². The lowest BCUT2D eigenvalue weighted by atomic mass is 9.94. The van der Waals surface area contributed by atoms with Crippen molar-refractivity contribution in [2.45, 2.75) is 13.0 Å². The van der Waals surface area contributed by atoms with Crippen LogP contribution in [-0.2, 0) is 0 Å². The molecule has 4 heteroatoms. The number of hydrogen-bond donors (Lipinski definition) is 1. The number of methoxy groups -OCH3 is 2. The zero-order valence-corrected chi connectivity index (χ0v) is 13.5. The standard InChI is InChI=1S/C17H20ClNO2/c1-11-9-15(20-3)16(21-4)10-14(11)17(19-2)12-5-7-13(18)8-6-12/h5-10,17,19H,1-4H3. The minimum Gasteiger partial charge on any atom is -0.493 e. The van der Waals surface area contributed by atoms with Crippen LogP contribution in [0.4, 0.5) is 0 Å². The SMILES string of the molecule is CNC(c1ccc(Cl)cc1)c1cc(OC)c(OC)cc1C. The molecule has 0 amide bonds. The largest absolute Gasteiger partial charge is 0.493 e. The molecule has 0 aliphatic carbocycles. The summed E-state index contributed by atoms with van der Waals surface area (Å²) in [4.78, 5) is 0. The molecule has 0 aliphatic rings. The van der Waals surface area contributed by atoms with Gasteiger partial charge in [0.05, 0.1) is 20.3 Å². The Morgan fingerprint density at radius 2 is 1.57 bits per heavy atom. The Kier molecular flexibility index (Phi) is 5.10. The summed E-state index contributed by atoms with van der Waals surface area (Å²) < 4.78 is 10.8. The van der Waals surface area contributed by atoms with Crippen LogP contribution in [0.5, 0.6) is 11.5 Å². The third-order valence-electron chi connectivity index (χ3n) is 3.58. The van der Waals surface area contributed by atoms with Gasteiger partial charge in [0.15, 0.2) is 11.5 Å². The second-order valence-corrected chi connectivity index (χ2v) is 5.27. The molecule has 0 aliphatic heterocycles. The van der Waals surface area contributed by atoms with Crippen molar-refractivity contribution in [2.75, 3.05) is 21.3 Å². The van der Waals surface area contributed by atoms with Crippen LogP contribution in [0.1, 0.15) is 22.7 Å². The lowest BCUT2D eigenvalue weighted by molar-refractivity contribution is 0.354. The van der Waals surface area contributed by atoms with E-state index in [4.69, 9.17) is 21.1 Å². The van der Waals surface area contributed by atoms with E-state index in [9.17, 15) is 0 Å². The molecular weight excluding hydrogens is 286 g/mol. The Bertz CT molecular complexity index is 611. The molecule has 0 spiro atoms. The van der Waals surface area contributed by atoms with E-state index in [1.165, 1.54) is 0 Å². The highest BCUT2D eigenvalue weighted by atomic mass is 35.5. The van der Waals surface area contributed by atoms with E-state index in [-0.39, 0.29) is 6.04 Å². The second-order valence-electron chi connectivity index (χ2n) is 4.84. The van der Waals surface area contributed by atoms with Gasteiger partial charge in [-0.15, -0.1) is 0 Å². The number of nitrogens with one attached hydrogen (secondary N) is 1. The first kappa shape index (κ1) is 15.7. The molecule has 1 N–H and O–H groups in total. The van der Waals surface area contributed by atoms with Crippen molar-refractivity contribution in [2.24, 2.45) is 0 Å². The molecule has 1 unspecified atom stereocenters. The van der Waals surface area contributed by atoms with Crippen LogP contribution >= 0.6 is 11.6 Å². The van der Waals surface area contributed by atoms with Gasteiger partial charge in [0.25, 0.3) is 0 Å². The number of ether oxygens (including phenoxy) is 2. The molecule has 0 bridgehead atoms. The second kappa shape index (κ2) is 6.83. The summed E-state index contributed by atoms with van der Waals surface area (Å²) in [6.45, 7) is 2.07. The highest BCUT2D eigenvalue weighted by Gasteiger charge is 2.17. The molecular formula is C17H20ClNO2. The summed E-state index contributed by atoms with van der Waals surface area (Å²) in [5.74, 6) is 1.47. The van der Waals surface area contributed by atoms with Crippen LogP contribution in [0, 0.1) is 6.92 Å². The molecule has 0 saturated heterocycles. The summed E-state index contributed by atoms with van der Waals surface area (Å²) in [5.41, 5.74) is 3.44. The summed E-state index contributed by atoms with van der Waals surface area (Å²) in [5, 5.41) is 4.08. The topological polar surface area (TPSA) is 30.5 Å². The zero-order chi connectivity index (χ0) is 15.4. The van der Waals surface area contributed by atoms with E-state index in [1.807, 2.05) is 43.4 Å². The molecule has 2 aromatic carbocycles. The maximum Gasteiger partial charge on any atom is 0.161 e.